The van der Waals surface area contributed by atoms with Crippen LogP contribution >= 0.6 is 11.8 Å². The number of carbonyl (C=O) groups excluding carboxylic acids is 3. The monoisotopic (exact) mass is 499 g/mol. The summed E-state index contributed by atoms with van der Waals surface area (Å²) in [6, 6.07) is 20.5. The number of benzene rings is 2. The summed E-state index contributed by atoms with van der Waals surface area (Å²) in [6.45, 7) is 0. The SMILES string of the molecule is CSCC[C@@H](NC(=O)c1ccccc1)C(=O)NNC(=O)c1cc(-c2cccnc2)nc2ccccc12. The molecule has 36 heavy (non-hydrogen) atoms. The van der Waals surface area contributed by atoms with E-state index in [-0.39, 0.29) is 5.91 Å². The van der Waals surface area contributed by atoms with Crippen LogP contribution in [0.2, 0.25) is 0 Å². The molecule has 2 heterocycles. The first kappa shape index (κ1) is 24.9. The summed E-state index contributed by atoms with van der Waals surface area (Å²) in [7, 11) is 0. The summed E-state index contributed by atoms with van der Waals surface area (Å²) in [6.07, 6.45) is 5.67. The van der Waals surface area contributed by atoms with Gasteiger partial charge in [-0.3, -0.25) is 30.2 Å². The maximum Gasteiger partial charge on any atom is 0.270 e. The van der Waals surface area contributed by atoms with Gasteiger partial charge in [0.15, 0.2) is 0 Å². The number of pyridine rings is 2. The van der Waals surface area contributed by atoms with Crippen LogP contribution in [0.1, 0.15) is 27.1 Å². The summed E-state index contributed by atoms with van der Waals surface area (Å²) < 4.78 is 0. The highest BCUT2D eigenvalue weighted by Crippen LogP contribution is 2.24. The molecule has 0 saturated carbocycles. The van der Waals surface area contributed by atoms with Gasteiger partial charge in [0, 0.05) is 28.9 Å². The van der Waals surface area contributed by atoms with Crippen LogP contribution < -0.4 is 16.2 Å². The molecule has 3 amide bonds. The molecular weight excluding hydrogens is 474 g/mol. The second kappa shape index (κ2) is 11.9. The fourth-order valence-electron chi connectivity index (χ4n) is 3.63. The molecule has 182 valence electrons. The number of thioether (sulfide) groups is 1. The number of rotatable bonds is 8. The first-order chi connectivity index (χ1) is 17.6. The van der Waals surface area contributed by atoms with E-state index in [1.165, 1.54) is 0 Å². The molecule has 0 spiro atoms. The van der Waals surface area contributed by atoms with E-state index in [0.29, 0.717) is 39.9 Å². The molecule has 0 radical (unpaired) electrons. The van der Waals surface area contributed by atoms with Gasteiger partial charge in [-0.2, -0.15) is 11.8 Å². The zero-order valence-electron chi connectivity index (χ0n) is 19.6. The molecule has 0 aliphatic rings. The van der Waals surface area contributed by atoms with Crippen LogP contribution in [0, 0.1) is 0 Å². The molecule has 1 atom stereocenters. The lowest BCUT2D eigenvalue weighted by Gasteiger charge is -2.19. The highest BCUT2D eigenvalue weighted by atomic mass is 32.2. The summed E-state index contributed by atoms with van der Waals surface area (Å²) >= 11 is 1.56. The van der Waals surface area contributed by atoms with Crippen molar-refractivity contribution in [1.29, 1.82) is 0 Å². The zero-order valence-corrected chi connectivity index (χ0v) is 20.4. The molecule has 0 unspecified atom stereocenters. The second-order valence-corrected chi connectivity index (χ2v) is 8.92. The normalized spacial score (nSPS) is 11.5. The van der Waals surface area contributed by atoms with E-state index in [0.717, 1.165) is 5.56 Å². The van der Waals surface area contributed by atoms with Gasteiger partial charge in [0.25, 0.3) is 17.7 Å². The first-order valence-corrected chi connectivity index (χ1v) is 12.7. The lowest BCUT2D eigenvalue weighted by Crippen LogP contribution is -2.52. The predicted octanol–water partition coefficient (Wildman–Crippen LogP) is 3.61. The quantitative estimate of drug-likeness (QED) is 0.319. The molecular formula is C27H25N5O3S. The number of hydrogen-bond donors (Lipinski definition) is 3. The minimum Gasteiger partial charge on any atom is -0.340 e. The number of fused-ring (bicyclic) bond motifs is 1. The van der Waals surface area contributed by atoms with E-state index in [9.17, 15) is 14.4 Å². The Morgan fingerprint density at radius 3 is 2.44 bits per heavy atom. The van der Waals surface area contributed by atoms with Gasteiger partial charge in [-0.05, 0) is 54.8 Å². The summed E-state index contributed by atoms with van der Waals surface area (Å²) in [5, 5.41) is 3.41. The van der Waals surface area contributed by atoms with Crippen molar-refractivity contribution in [2.24, 2.45) is 0 Å². The standard InChI is InChI=1S/C27H25N5O3S/c1-36-15-13-23(30-25(33)18-8-3-2-4-9-18)27(35)32-31-26(34)21-16-24(19-10-7-14-28-17-19)29-22-12-6-5-11-20(21)22/h2-12,14,16-17,23H,13,15H2,1H3,(H,30,33)(H,31,34)(H,32,35)/t23-/m1/s1. The van der Waals surface area contributed by atoms with Crippen LogP contribution in [-0.2, 0) is 4.79 Å². The number of nitrogens with one attached hydrogen (secondary N) is 3. The number of carbonyl (C=O) groups is 3. The van der Waals surface area contributed by atoms with Gasteiger partial charge in [0.2, 0.25) is 0 Å². The number of nitrogens with zero attached hydrogens (tertiary/aromatic N) is 2. The highest BCUT2D eigenvalue weighted by Gasteiger charge is 2.22. The fraction of sp³-hybridized carbons (Fsp3) is 0.148. The van der Waals surface area contributed by atoms with Gasteiger partial charge in [0.05, 0.1) is 16.8 Å². The van der Waals surface area contributed by atoms with Gasteiger partial charge in [-0.1, -0.05) is 36.4 Å². The Kier molecular flexibility index (Phi) is 8.25. The minimum absolute atomic E-state index is 0.355. The third kappa shape index (κ3) is 6.05. The smallest absolute Gasteiger partial charge is 0.270 e. The number of hydrazine groups is 1. The Morgan fingerprint density at radius 1 is 0.917 bits per heavy atom. The molecule has 0 aliphatic heterocycles. The summed E-state index contributed by atoms with van der Waals surface area (Å²) in [4.78, 5) is 47.5. The molecule has 4 aromatic rings. The van der Waals surface area contributed by atoms with Crippen LogP contribution in [0.25, 0.3) is 22.2 Å². The van der Waals surface area contributed by atoms with Crippen molar-refractivity contribution in [1.82, 2.24) is 26.1 Å². The van der Waals surface area contributed by atoms with Crippen molar-refractivity contribution in [3.63, 3.8) is 0 Å². The van der Waals surface area contributed by atoms with E-state index < -0.39 is 17.9 Å². The molecule has 8 nitrogen and oxygen atoms in total. The van der Waals surface area contributed by atoms with Crippen LogP contribution in [0.5, 0.6) is 0 Å². The summed E-state index contributed by atoms with van der Waals surface area (Å²) in [5.41, 5.74) is 7.78. The highest BCUT2D eigenvalue weighted by molar-refractivity contribution is 7.98. The molecule has 4 rings (SSSR count). The van der Waals surface area contributed by atoms with Crippen LogP contribution in [-0.4, -0.2) is 45.7 Å². The zero-order chi connectivity index (χ0) is 25.3. The Morgan fingerprint density at radius 2 is 1.69 bits per heavy atom. The molecule has 0 bridgehead atoms. The van der Waals surface area contributed by atoms with Crippen LogP contribution in [0.15, 0.2) is 85.2 Å². The molecule has 0 fully saturated rings. The third-order valence-corrected chi connectivity index (χ3v) is 6.13. The van der Waals surface area contributed by atoms with Crippen molar-refractivity contribution >= 4 is 40.4 Å². The second-order valence-electron chi connectivity index (χ2n) is 7.93. The number of hydrogen-bond acceptors (Lipinski definition) is 6. The fourth-order valence-corrected chi connectivity index (χ4v) is 4.11. The maximum atomic E-state index is 13.2. The topological polar surface area (TPSA) is 113 Å². The van der Waals surface area contributed by atoms with E-state index in [1.807, 2.05) is 36.6 Å². The van der Waals surface area contributed by atoms with Crippen LogP contribution in [0.3, 0.4) is 0 Å². The minimum atomic E-state index is -0.814. The van der Waals surface area contributed by atoms with Gasteiger partial charge in [0.1, 0.15) is 6.04 Å². The number of amides is 3. The third-order valence-electron chi connectivity index (χ3n) is 5.49. The first-order valence-electron chi connectivity index (χ1n) is 11.3. The molecule has 0 saturated heterocycles. The van der Waals surface area contributed by atoms with Gasteiger partial charge in [-0.25, -0.2) is 4.98 Å². The van der Waals surface area contributed by atoms with E-state index in [2.05, 4.69) is 26.1 Å². The Labute approximate surface area is 212 Å². The molecule has 9 heteroatoms. The van der Waals surface area contributed by atoms with Gasteiger partial charge < -0.3 is 5.32 Å². The average Bonchev–Trinajstić information content (AvgIpc) is 2.94. The lowest BCUT2D eigenvalue weighted by atomic mass is 10.0. The Balaban J connectivity index is 1.51. The van der Waals surface area contributed by atoms with Crippen molar-refractivity contribution in [3.05, 3.63) is 96.3 Å². The van der Waals surface area contributed by atoms with E-state index >= 15 is 0 Å². The predicted molar refractivity (Wildman–Crippen MR) is 141 cm³/mol. The van der Waals surface area contributed by atoms with Crippen molar-refractivity contribution in [2.75, 3.05) is 12.0 Å². The van der Waals surface area contributed by atoms with Crippen molar-refractivity contribution < 1.29 is 14.4 Å². The van der Waals surface area contributed by atoms with Gasteiger partial charge >= 0.3 is 0 Å². The molecule has 0 aliphatic carbocycles. The molecule has 2 aromatic carbocycles. The Hall–Kier alpha value is -4.24. The maximum absolute atomic E-state index is 13.2. The number of para-hydroxylation sites is 1. The molecule has 3 N–H and O–H groups in total. The summed E-state index contributed by atoms with van der Waals surface area (Å²) in [5.74, 6) is -0.702. The van der Waals surface area contributed by atoms with Crippen molar-refractivity contribution in [3.8, 4) is 11.3 Å². The van der Waals surface area contributed by atoms with Crippen molar-refractivity contribution in [2.45, 2.75) is 12.5 Å². The van der Waals surface area contributed by atoms with E-state index in [1.54, 1.807) is 66.6 Å². The van der Waals surface area contributed by atoms with Gasteiger partial charge in [-0.15, -0.1) is 0 Å². The van der Waals surface area contributed by atoms with Crippen LogP contribution in [0.4, 0.5) is 0 Å². The number of aromatic nitrogens is 2. The lowest BCUT2D eigenvalue weighted by molar-refractivity contribution is -0.123. The van der Waals surface area contributed by atoms with E-state index in [4.69, 9.17) is 0 Å². The average molecular weight is 500 g/mol. The largest absolute Gasteiger partial charge is 0.340 e. The molecule has 2 aromatic heterocycles. The Bertz CT molecular complexity index is 1370.